The maximum atomic E-state index is 9.60. The van der Waals surface area contributed by atoms with Crippen LogP contribution in [0.1, 0.15) is 141 Å². The predicted molar refractivity (Wildman–Crippen MR) is 256 cm³/mol. The van der Waals surface area contributed by atoms with E-state index in [-0.39, 0.29) is 51.8 Å². The molecule has 8 rings (SSSR count). The molecular formula is C54H90O11. The van der Waals surface area contributed by atoms with Crippen LogP contribution in [0.3, 0.4) is 0 Å². The van der Waals surface area contributed by atoms with Crippen molar-refractivity contribution in [3.8, 4) is 11.5 Å². The number of aliphatic hydroxyl groups excluding tert-OH is 9. The molecule has 0 spiro atoms. The molecule has 6 saturated carbocycles. The molecule has 0 amide bonds. The summed E-state index contributed by atoms with van der Waals surface area (Å²) < 4.78 is 10.3. The summed E-state index contributed by atoms with van der Waals surface area (Å²) in [6, 6.07) is 14.2. The highest BCUT2D eigenvalue weighted by molar-refractivity contribution is 5.31. The molecule has 11 nitrogen and oxygen atoms in total. The number of hydrogen-bond donors (Lipinski definition) is 9. The third-order valence-electron chi connectivity index (χ3n) is 16.4. The second kappa shape index (κ2) is 29.5. The molecule has 0 aromatic heterocycles. The van der Waals surface area contributed by atoms with Crippen LogP contribution < -0.4 is 9.47 Å². The zero-order valence-corrected chi connectivity index (χ0v) is 40.3. The average Bonchev–Trinajstić information content (AvgIpc) is 4.08. The highest BCUT2D eigenvalue weighted by atomic mass is 16.5. The predicted octanol–water partition coefficient (Wildman–Crippen LogP) is 7.68. The Morgan fingerprint density at radius 2 is 0.892 bits per heavy atom. The van der Waals surface area contributed by atoms with Gasteiger partial charge in [0.15, 0.2) is 0 Å². The molecule has 9 N–H and O–H groups in total. The first-order valence-corrected chi connectivity index (χ1v) is 25.5. The van der Waals surface area contributed by atoms with Crippen molar-refractivity contribution in [3.05, 3.63) is 59.7 Å². The number of hydrogen-bond acceptors (Lipinski definition) is 11. The van der Waals surface area contributed by atoms with E-state index >= 15 is 0 Å². The lowest BCUT2D eigenvalue weighted by molar-refractivity contribution is 0.00233. The van der Waals surface area contributed by atoms with Crippen molar-refractivity contribution in [3.63, 3.8) is 0 Å². The smallest absolute Gasteiger partial charge is 0.119 e. The molecule has 0 radical (unpaired) electrons. The molecule has 11 heteroatoms. The highest BCUT2D eigenvalue weighted by Gasteiger charge is 2.55. The normalized spacial score (nSPS) is 31.3. The summed E-state index contributed by atoms with van der Waals surface area (Å²) in [4.78, 5) is 0. The third kappa shape index (κ3) is 17.6. The Labute approximate surface area is 391 Å². The summed E-state index contributed by atoms with van der Waals surface area (Å²) in [5, 5.41) is 80.4. The van der Waals surface area contributed by atoms with Crippen molar-refractivity contribution in [2.24, 2.45) is 64.6 Å². The summed E-state index contributed by atoms with van der Waals surface area (Å²) in [5.41, 5.74) is 2.13. The fourth-order valence-electron chi connectivity index (χ4n) is 12.1. The van der Waals surface area contributed by atoms with Gasteiger partial charge in [0.1, 0.15) is 24.7 Å². The van der Waals surface area contributed by atoms with Gasteiger partial charge < -0.3 is 55.4 Å². The van der Waals surface area contributed by atoms with Crippen LogP contribution in [0.15, 0.2) is 48.5 Å². The highest BCUT2D eigenvalue weighted by Crippen LogP contribution is 2.62. The zero-order valence-electron chi connectivity index (χ0n) is 40.3. The van der Waals surface area contributed by atoms with Crippen molar-refractivity contribution in [2.75, 3.05) is 46.2 Å². The Balaban J connectivity index is 0.000000180. The Hall–Kier alpha value is -2.32. The fraction of sp³-hybridized carbons (Fsp3) is 0.778. The molecule has 6 unspecified atom stereocenters. The van der Waals surface area contributed by atoms with Gasteiger partial charge in [-0.2, -0.15) is 0 Å². The van der Waals surface area contributed by atoms with Crippen LogP contribution in [0.4, 0.5) is 0 Å². The average molecular weight is 915 g/mol. The van der Waals surface area contributed by atoms with E-state index in [4.69, 9.17) is 40.1 Å². The molecule has 2 aromatic rings. The Morgan fingerprint density at radius 1 is 0.477 bits per heavy atom. The van der Waals surface area contributed by atoms with Crippen LogP contribution in [0.25, 0.3) is 0 Å². The number of rotatable bonds is 14. The van der Waals surface area contributed by atoms with Gasteiger partial charge in [-0.25, -0.2) is 0 Å². The van der Waals surface area contributed by atoms with Crippen LogP contribution in [0.5, 0.6) is 11.5 Å². The third-order valence-corrected chi connectivity index (χ3v) is 16.4. The van der Waals surface area contributed by atoms with Gasteiger partial charge in [-0.15, -0.1) is 0 Å². The second-order valence-electron chi connectivity index (χ2n) is 20.7. The minimum atomic E-state index is -0.0461. The molecule has 2 aromatic carbocycles. The molecule has 2 bridgehead atoms. The molecule has 6 aliphatic rings. The van der Waals surface area contributed by atoms with Crippen LogP contribution >= 0.6 is 0 Å². The van der Waals surface area contributed by atoms with Gasteiger partial charge >= 0.3 is 0 Å². The molecule has 6 fully saturated rings. The van der Waals surface area contributed by atoms with Crippen molar-refractivity contribution < 1.29 is 55.4 Å². The first kappa shape index (κ1) is 55.3. The lowest BCUT2D eigenvalue weighted by atomic mass is 9.60. The van der Waals surface area contributed by atoms with E-state index in [1.165, 1.54) is 57.8 Å². The number of fused-ring (bicyclic) bond motifs is 5. The van der Waals surface area contributed by atoms with Gasteiger partial charge in [0.2, 0.25) is 0 Å². The summed E-state index contributed by atoms with van der Waals surface area (Å²) in [5.74, 6) is 9.63. The van der Waals surface area contributed by atoms with Gasteiger partial charge in [0.05, 0.1) is 38.6 Å². The topological polar surface area (TPSA) is 201 Å². The molecule has 372 valence electrons. The van der Waals surface area contributed by atoms with E-state index < -0.39 is 0 Å². The van der Waals surface area contributed by atoms with Gasteiger partial charge in [-0.05, 0) is 203 Å². The summed E-state index contributed by atoms with van der Waals surface area (Å²) in [6.45, 7) is 9.00. The number of aliphatic hydroxyl groups is 9. The van der Waals surface area contributed by atoms with E-state index in [0.717, 1.165) is 104 Å². The Kier molecular flexibility index (Phi) is 25.1. The van der Waals surface area contributed by atoms with E-state index in [1.54, 1.807) is 48.5 Å². The zero-order chi connectivity index (χ0) is 47.2. The van der Waals surface area contributed by atoms with E-state index in [0.29, 0.717) is 54.5 Å². The first-order valence-electron chi connectivity index (χ1n) is 25.5. The van der Waals surface area contributed by atoms with Crippen LogP contribution in [0, 0.1) is 64.6 Å². The fourth-order valence-corrected chi connectivity index (χ4v) is 12.1. The van der Waals surface area contributed by atoms with E-state index in [9.17, 15) is 15.3 Å². The van der Waals surface area contributed by atoms with E-state index in [1.807, 2.05) is 0 Å². The summed E-state index contributed by atoms with van der Waals surface area (Å²) in [7, 11) is 0. The van der Waals surface area contributed by atoms with Gasteiger partial charge in [0, 0.05) is 19.8 Å². The molecule has 6 atom stereocenters. The summed E-state index contributed by atoms with van der Waals surface area (Å²) >= 11 is 0. The SMILES string of the molecule is CC(C)(C1CCC(O)CC1)C1CCC(O)CC1.CCC1CC2C3CC(CO)C(C3)C2C1.OCC1CCC(CO)CC1.OCCOc1ccc(OCCO)cc1.OCc1ccc(CO)cc1. The Bertz CT molecular complexity index is 1410. The maximum Gasteiger partial charge on any atom is 0.119 e. The van der Waals surface area contributed by atoms with Crippen molar-refractivity contribution >= 4 is 0 Å². The minimum absolute atomic E-state index is 0.00274. The lowest BCUT2D eigenvalue weighted by Crippen LogP contribution is -2.38. The van der Waals surface area contributed by atoms with Gasteiger partial charge in [-0.1, -0.05) is 51.5 Å². The minimum Gasteiger partial charge on any atom is -0.491 e. The molecule has 6 aliphatic carbocycles. The largest absolute Gasteiger partial charge is 0.491 e. The van der Waals surface area contributed by atoms with Gasteiger partial charge in [0.25, 0.3) is 0 Å². The maximum absolute atomic E-state index is 9.60. The van der Waals surface area contributed by atoms with Crippen molar-refractivity contribution in [2.45, 2.75) is 155 Å². The molecule has 0 aliphatic heterocycles. The van der Waals surface area contributed by atoms with E-state index in [2.05, 4.69) is 20.8 Å². The summed E-state index contributed by atoms with van der Waals surface area (Å²) in [6.07, 6.45) is 20.2. The molecule has 65 heavy (non-hydrogen) atoms. The molecular weight excluding hydrogens is 825 g/mol. The Morgan fingerprint density at radius 3 is 1.25 bits per heavy atom. The number of benzene rings is 2. The monoisotopic (exact) mass is 915 g/mol. The lowest BCUT2D eigenvalue weighted by Gasteiger charge is -2.46. The molecule has 0 heterocycles. The number of ether oxygens (including phenoxy) is 2. The van der Waals surface area contributed by atoms with Gasteiger partial charge in [-0.3, -0.25) is 0 Å². The van der Waals surface area contributed by atoms with Crippen molar-refractivity contribution in [1.82, 2.24) is 0 Å². The standard InChI is InChI=1S/C15H28O2.C13H22O.C10H14O4.C8H16O2.C8H10O2/c1-15(2,11-3-7-13(16)8-4-11)12-5-9-14(17)10-6-12;1-2-8-3-11-9-5-10(7-14)12(6-9)13(11)4-8;11-5-7-13-9-1-2-10(4-3-9)14-8-6-12;2*9-5-7-1-2-8(6-10)4-3-7/h11-14,16-17H,3-10H2,1-2H3;8-14H,2-7H2,1H3;1-4,11-12H,5-8H2;7-10H,1-6H2;1-4,9-10H,5-6H2. The second-order valence-corrected chi connectivity index (χ2v) is 20.7. The van der Waals surface area contributed by atoms with Crippen LogP contribution in [-0.4, -0.2) is 104 Å². The van der Waals surface area contributed by atoms with Crippen molar-refractivity contribution in [1.29, 1.82) is 0 Å². The van der Waals surface area contributed by atoms with Crippen LogP contribution in [-0.2, 0) is 13.2 Å². The molecule has 0 saturated heterocycles. The quantitative estimate of drug-likeness (QED) is 0.0901. The van der Waals surface area contributed by atoms with Crippen LogP contribution in [0.2, 0.25) is 0 Å². The first-order chi connectivity index (χ1) is 31.4.